The van der Waals surface area contributed by atoms with Crippen molar-refractivity contribution in [3.05, 3.63) is 69.7 Å². The van der Waals surface area contributed by atoms with Gasteiger partial charge in [-0.15, -0.1) is 0 Å². The minimum absolute atomic E-state index is 0.209. The number of amides is 1. The number of thiocarbonyl (C=S) groups is 1. The van der Waals surface area contributed by atoms with E-state index in [1.165, 1.54) is 6.08 Å². The Morgan fingerprint density at radius 3 is 2.52 bits per heavy atom. The number of hydrogen-bond acceptors (Lipinski definition) is 2. The van der Waals surface area contributed by atoms with Crippen LogP contribution in [0.5, 0.6) is 0 Å². The lowest BCUT2D eigenvalue weighted by atomic mass is 10.2. The first-order valence-electron chi connectivity index (χ1n) is 6.76. The fourth-order valence-corrected chi connectivity index (χ4v) is 2.31. The second kappa shape index (κ2) is 8.11. The molecule has 3 nitrogen and oxygen atoms in total. The van der Waals surface area contributed by atoms with Crippen molar-refractivity contribution in [2.24, 2.45) is 0 Å². The summed E-state index contributed by atoms with van der Waals surface area (Å²) in [6.45, 7) is 1.87. The van der Waals surface area contributed by atoms with Crippen LogP contribution in [0.3, 0.4) is 0 Å². The highest BCUT2D eigenvalue weighted by Gasteiger charge is 2.05. The minimum Gasteiger partial charge on any atom is -0.332 e. The number of hydrogen-bond donors (Lipinski definition) is 2. The van der Waals surface area contributed by atoms with E-state index in [-0.39, 0.29) is 11.0 Å². The number of nitrogens with one attached hydrogen (secondary N) is 2. The van der Waals surface area contributed by atoms with Crippen LogP contribution < -0.4 is 10.6 Å². The normalized spacial score (nSPS) is 10.6. The Morgan fingerprint density at radius 2 is 1.83 bits per heavy atom. The average Bonchev–Trinajstić information content (AvgIpc) is 2.51. The van der Waals surface area contributed by atoms with Crippen LogP contribution in [0.2, 0.25) is 10.0 Å². The quantitative estimate of drug-likeness (QED) is 0.605. The molecule has 23 heavy (non-hydrogen) atoms. The van der Waals surface area contributed by atoms with Crippen LogP contribution in [0, 0.1) is 6.92 Å². The SMILES string of the molecule is Cc1c(Cl)cccc1NC(=S)NC(=O)C=Cc1ccc(Cl)cc1. The van der Waals surface area contributed by atoms with Gasteiger partial charge in [-0.1, -0.05) is 41.4 Å². The summed E-state index contributed by atoms with van der Waals surface area (Å²) in [7, 11) is 0. The van der Waals surface area contributed by atoms with Gasteiger partial charge in [0.1, 0.15) is 0 Å². The number of carbonyl (C=O) groups is 1. The Kier molecular flexibility index (Phi) is 6.16. The lowest BCUT2D eigenvalue weighted by Gasteiger charge is -2.11. The van der Waals surface area contributed by atoms with Gasteiger partial charge in [-0.3, -0.25) is 10.1 Å². The summed E-state index contributed by atoms with van der Waals surface area (Å²) in [5, 5.41) is 7.02. The Morgan fingerprint density at radius 1 is 1.13 bits per heavy atom. The van der Waals surface area contributed by atoms with Gasteiger partial charge in [0.2, 0.25) is 5.91 Å². The molecule has 0 heterocycles. The van der Waals surface area contributed by atoms with Gasteiger partial charge in [0.15, 0.2) is 5.11 Å². The smallest absolute Gasteiger partial charge is 0.250 e. The maximum atomic E-state index is 11.9. The molecule has 118 valence electrons. The molecule has 0 saturated carbocycles. The lowest BCUT2D eigenvalue weighted by molar-refractivity contribution is -0.115. The van der Waals surface area contributed by atoms with Gasteiger partial charge in [-0.25, -0.2) is 0 Å². The van der Waals surface area contributed by atoms with E-state index in [1.54, 1.807) is 24.3 Å². The molecule has 1 amide bonds. The summed E-state index contributed by atoms with van der Waals surface area (Å²) < 4.78 is 0. The van der Waals surface area contributed by atoms with Crippen LogP contribution in [-0.4, -0.2) is 11.0 Å². The monoisotopic (exact) mass is 364 g/mol. The van der Waals surface area contributed by atoms with Crippen molar-refractivity contribution in [1.82, 2.24) is 5.32 Å². The predicted octanol–water partition coefficient (Wildman–Crippen LogP) is 4.83. The zero-order chi connectivity index (χ0) is 16.8. The number of halogens is 2. The van der Waals surface area contributed by atoms with Gasteiger partial charge in [0, 0.05) is 21.8 Å². The second-order valence-electron chi connectivity index (χ2n) is 4.74. The van der Waals surface area contributed by atoms with E-state index in [0.717, 1.165) is 16.8 Å². The average molecular weight is 365 g/mol. The molecule has 2 N–H and O–H groups in total. The van der Waals surface area contributed by atoms with Crippen LogP contribution in [0.1, 0.15) is 11.1 Å². The molecule has 2 rings (SSSR count). The molecule has 0 fully saturated rings. The number of rotatable bonds is 3. The molecule has 2 aromatic carbocycles. The molecule has 0 aliphatic rings. The molecular weight excluding hydrogens is 351 g/mol. The summed E-state index contributed by atoms with van der Waals surface area (Å²) in [5.41, 5.74) is 2.49. The van der Waals surface area contributed by atoms with Gasteiger partial charge < -0.3 is 5.32 Å². The Bertz CT molecular complexity index is 758. The molecular formula is C17H14Cl2N2OS. The highest BCUT2D eigenvalue weighted by atomic mass is 35.5. The Labute approximate surface area is 150 Å². The largest absolute Gasteiger partial charge is 0.332 e. The fourth-order valence-electron chi connectivity index (χ4n) is 1.80. The molecule has 0 unspecified atom stereocenters. The second-order valence-corrected chi connectivity index (χ2v) is 5.99. The van der Waals surface area contributed by atoms with Crippen molar-refractivity contribution in [2.75, 3.05) is 5.32 Å². The third-order valence-corrected chi connectivity index (χ3v) is 3.92. The minimum atomic E-state index is -0.322. The van der Waals surface area contributed by atoms with Crippen molar-refractivity contribution in [1.29, 1.82) is 0 Å². The van der Waals surface area contributed by atoms with Crippen molar-refractivity contribution >= 4 is 58.2 Å². The van der Waals surface area contributed by atoms with E-state index in [1.807, 2.05) is 31.2 Å². The first kappa shape index (κ1) is 17.5. The zero-order valence-electron chi connectivity index (χ0n) is 12.3. The van der Waals surface area contributed by atoms with Crippen LogP contribution in [0.25, 0.3) is 6.08 Å². The molecule has 0 aromatic heterocycles. The summed E-state index contributed by atoms with van der Waals surface area (Å²) >= 11 is 17.0. The molecule has 0 radical (unpaired) electrons. The van der Waals surface area contributed by atoms with E-state index < -0.39 is 0 Å². The van der Waals surface area contributed by atoms with Crippen LogP contribution in [0.15, 0.2) is 48.5 Å². The summed E-state index contributed by atoms with van der Waals surface area (Å²) in [5.74, 6) is -0.322. The summed E-state index contributed by atoms with van der Waals surface area (Å²) in [4.78, 5) is 11.9. The number of benzene rings is 2. The maximum absolute atomic E-state index is 11.9. The van der Waals surface area contributed by atoms with Gasteiger partial charge in [-0.2, -0.15) is 0 Å². The van der Waals surface area contributed by atoms with E-state index >= 15 is 0 Å². The topological polar surface area (TPSA) is 41.1 Å². The number of anilines is 1. The molecule has 0 saturated heterocycles. The molecule has 2 aromatic rings. The van der Waals surface area contributed by atoms with Crippen molar-refractivity contribution in [2.45, 2.75) is 6.92 Å². The third-order valence-electron chi connectivity index (χ3n) is 3.05. The van der Waals surface area contributed by atoms with Crippen LogP contribution in [0.4, 0.5) is 5.69 Å². The van der Waals surface area contributed by atoms with E-state index in [9.17, 15) is 4.79 Å². The molecule has 0 spiro atoms. The molecule has 0 aliphatic carbocycles. The van der Waals surface area contributed by atoms with E-state index in [0.29, 0.717) is 10.0 Å². The fraction of sp³-hybridized carbons (Fsp3) is 0.0588. The van der Waals surface area contributed by atoms with Crippen molar-refractivity contribution in [3.63, 3.8) is 0 Å². The molecule has 0 aliphatic heterocycles. The highest BCUT2D eigenvalue weighted by molar-refractivity contribution is 7.80. The van der Waals surface area contributed by atoms with E-state index in [2.05, 4.69) is 10.6 Å². The van der Waals surface area contributed by atoms with Gasteiger partial charge >= 0.3 is 0 Å². The standard InChI is InChI=1S/C17H14Cl2N2OS/c1-11-14(19)3-2-4-15(11)20-17(23)21-16(22)10-7-12-5-8-13(18)9-6-12/h2-10H,1H3,(H2,20,21,22,23). The molecule has 0 atom stereocenters. The van der Waals surface area contributed by atoms with Gasteiger partial charge in [0.05, 0.1) is 0 Å². The summed E-state index contributed by atoms with van der Waals surface area (Å²) in [6.07, 6.45) is 3.08. The first-order valence-corrected chi connectivity index (χ1v) is 7.93. The van der Waals surface area contributed by atoms with Gasteiger partial charge in [-0.05, 0) is 60.6 Å². The third kappa shape index (κ3) is 5.36. The van der Waals surface area contributed by atoms with Crippen LogP contribution >= 0.6 is 35.4 Å². The number of carbonyl (C=O) groups excluding carboxylic acids is 1. The van der Waals surface area contributed by atoms with Crippen molar-refractivity contribution < 1.29 is 4.79 Å². The maximum Gasteiger partial charge on any atom is 0.250 e. The van der Waals surface area contributed by atoms with Gasteiger partial charge in [0.25, 0.3) is 0 Å². The Balaban J connectivity index is 1.93. The predicted molar refractivity (Wildman–Crippen MR) is 101 cm³/mol. The molecule has 6 heteroatoms. The Hall–Kier alpha value is -1.88. The van der Waals surface area contributed by atoms with Crippen molar-refractivity contribution in [3.8, 4) is 0 Å². The summed E-state index contributed by atoms with van der Waals surface area (Å²) in [6, 6.07) is 12.6. The van der Waals surface area contributed by atoms with E-state index in [4.69, 9.17) is 35.4 Å². The molecule has 0 bridgehead atoms. The lowest BCUT2D eigenvalue weighted by Crippen LogP contribution is -2.33. The van der Waals surface area contributed by atoms with Crippen LogP contribution in [-0.2, 0) is 4.79 Å². The zero-order valence-corrected chi connectivity index (χ0v) is 14.6. The highest BCUT2D eigenvalue weighted by Crippen LogP contribution is 2.22. The first-order chi connectivity index (χ1) is 11.0.